The van der Waals surface area contributed by atoms with Crippen molar-refractivity contribution in [3.8, 4) is 5.75 Å². The average molecular weight is 401 g/mol. The predicted molar refractivity (Wildman–Crippen MR) is 112 cm³/mol. The predicted octanol–water partition coefficient (Wildman–Crippen LogP) is 4.76. The van der Waals surface area contributed by atoms with Gasteiger partial charge in [0.05, 0.1) is 24.3 Å². The normalized spacial score (nSPS) is 20.1. The largest absolute Gasteiger partial charge is 0.490 e. The van der Waals surface area contributed by atoms with Crippen LogP contribution < -0.4 is 15.4 Å². The molecule has 1 fully saturated rings. The number of benzene rings is 1. The number of hydrogen-bond acceptors (Lipinski definition) is 4. The number of carbonyl (C=O) groups excluding carboxylic acids is 2. The first kappa shape index (κ1) is 21.2. The molecule has 1 heterocycles. The van der Waals surface area contributed by atoms with E-state index in [0.29, 0.717) is 17.7 Å². The Hall–Kier alpha value is -2.50. The van der Waals surface area contributed by atoms with Crippen LogP contribution in [-0.2, 0) is 9.53 Å². The molecule has 2 aliphatic rings. The van der Waals surface area contributed by atoms with E-state index in [1.165, 1.54) is 19.3 Å². The van der Waals surface area contributed by atoms with Crippen molar-refractivity contribution < 1.29 is 19.1 Å². The lowest BCUT2D eigenvalue weighted by Gasteiger charge is -2.29. The number of ether oxygens (including phenoxy) is 2. The summed E-state index contributed by atoms with van der Waals surface area (Å²) in [6.45, 7) is 4.15. The molecule has 1 atom stereocenters. The number of unbranched alkanes of at least 4 members (excludes halogenated alkanes) is 1. The number of carbonyl (C=O) groups is 2. The number of rotatable bonds is 8. The fourth-order valence-corrected chi connectivity index (χ4v) is 3.98. The number of urea groups is 1. The van der Waals surface area contributed by atoms with Crippen molar-refractivity contribution in [3.05, 3.63) is 41.1 Å². The zero-order chi connectivity index (χ0) is 20.6. The van der Waals surface area contributed by atoms with E-state index in [-0.39, 0.29) is 18.7 Å². The van der Waals surface area contributed by atoms with Gasteiger partial charge in [-0.25, -0.2) is 9.59 Å². The standard InChI is InChI=1S/C23H32N2O4/c1-3-5-11-19-20(22(26)28-4-2)21(25-23(27)24-19)16-12-14-18(15-13-16)29-17-9-7-6-8-10-17/h12-15,17,21H,3-11H2,1-2H3,(H2,24,25,27). The third kappa shape index (κ3) is 5.52. The molecule has 0 bridgehead atoms. The molecule has 1 aromatic carbocycles. The first-order valence-electron chi connectivity index (χ1n) is 10.9. The van der Waals surface area contributed by atoms with Crippen LogP contribution >= 0.6 is 0 Å². The number of esters is 1. The highest BCUT2D eigenvalue weighted by atomic mass is 16.5. The van der Waals surface area contributed by atoms with Crippen molar-refractivity contribution in [2.45, 2.75) is 77.4 Å². The van der Waals surface area contributed by atoms with E-state index in [4.69, 9.17) is 9.47 Å². The molecule has 2 amide bonds. The van der Waals surface area contributed by atoms with Crippen molar-refractivity contribution in [2.24, 2.45) is 0 Å². The first-order chi connectivity index (χ1) is 14.1. The number of allylic oxidation sites excluding steroid dienone is 1. The molecule has 1 aromatic rings. The third-order valence-corrected chi connectivity index (χ3v) is 5.50. The van der Waals surface area contributed by atoms with Crippen molar-refractivity contribution in [1.82, 2.24) is 10.6 Å². The highest BCUT2D eigenvalue weighted by Gasteiger charge is 2.33. The Labute approximate surface area is 173 Å². The second-order valence-corrected chi connectivity index (χ2v) is 7.69. The summed E-state index contributed by atoms with van der Waals surface area (Å²) in [5.41, 5.74) is 1.98. The van der Waals surface area contributed by atoms with Gasteiger partial charge in [0, 0.05) is 5.70 Å². The summed E-state index contributed by atoms with van der Waals surface area (Å²) in [4.78, 5) is 24.9. The summed E-state index contributed by atoms with van der Waals surface area (Å²) in [7, 11) is 0. The zero-order valence-electron chi connectivity index (χ0n) is 17.5. The molecule has 1 unspecified atom stereocenters. The lowest BCUT2D eigenvalue weighted by Crippen LogP contribution is -2.46. The number of hydrogen-bond donors (Lipinski definition) is 2. The van der Waals surface area contributed by atoms with E-state index in [1.807, 2.05) is 24.3 Å². The second kappa shape index (κ2) is 10.3. The van der Waals surface area contributed by atoms with Crippen LogP contribution in [0.15, 0.2) is 35.5 Å². The van der Waals surface area contributed by atoms with E-state index in [2.05, 4.69) is 17.6 Å². The molecular formula is C23H32N2O4. The van der Waals surface area contributed by atoms with Gasteiger partial charge in [0.2, 0.25) is 0 Å². The topological polar surface area (TPSA) is 76.7 Å². The van der Waals surface area contributed by atoms with Gasteiger partial charge in [-0.2, -0.15) is 0 Å². The monoisotopic (exact) mass is 400 g/mol. The molecule has 1 saturated carbocycles. The Morgan fingerprint density at radius 1 is 1.10 bits per heavy atom. The summed E-state index contributed by atoms with van der Waals surface area (Å²) >= 11 is 0. The molecule has 0 spiro atoms. The van der Waals surface area contributed by atoms with Gasteiger partial charge in [-0.1, -0.05) is 31.9 Å². The van der Waals surface area contributed by atoms with Crippen LogP contribution in [-0.4, -0.2) is 24.7 Å². The van der Waals surface area contributed by atoms with Gasteiger partial charge in [0.25, 0.3) is 0 Å². The number of amides is 2. The van der Waals surface area contributed by atoms with E-state index < -0.39 is 12.0 Å². The van der Waals surface area contributed by atoms with E-state index in [9.17, 15) is 9.59 Å². The molecule has 3 rings (SSSR count). The Bertz CT molecular complexity index is 736. The fourth-order valence-electron chi connectivity index (χ4n) is 3.98. The Kier molecular flexibility index (Phi) is 7.55. The van der Waals surface area contributed by atoms with Gasteiger partial charge in [-0.05, 0) is 63.1 Å². The van der Waals surface area contributed by atoms with E-state index in [1.54, 1.807) is 6.92 Å². The second-order valence-electron chi connectivity index (χ2n) is 7.69. The highest BCUT2D eigenvalue weighted by molar-refractivity contribution is 5.95. The molecular weight excluding hydrogens is 368 g/mol. The zero-order valence-corrected chi connectivity index (χ0v) is 17.5. The van der Waals surface area contributed by atoms with Crippen LogP contribution in [0.3, 0.4) is 0 Å². The highest BCUT2D eigenvalue weighted by Crippen LogP contribution is 2.31. The summed E-state index contributed by atoms with van der Waals surface area (Å²) in [5, 5.41) is 5.69. The third-order valence-electron chi connectivity index (χ3n) is 5.50. The van der Waals surface area contributed by atoms with Crippen LogP contribution in [0, 0.1) is 0 Å². The van der Waals surface area contributed by atoms with Crippen molar-refractivity contribution in [3.63, 3.8) is 0 Å². The molecule has 1 aliphatic heterocycles. The van der Waals surface area contributed by atoms with Gasteiger partial charge in [-0.3, -0.25) is 0 Å². The molecule has 0 saturated heterocycles. The van der Waals surface area contributed by atoms with Crippen molar-refractivity contribution >= 4 is 12.0 Å². The maximum Gasteiger partial charge on any atom is 0.338 e. The van der Waals surface area contributed by atoms with E-state index in [0.717, 1.165) is 37.0 Å². The summed E-state index contributed by atoms with van der Waals surface area (Å²) in [6.07, 6.45) is 8.71. The van der Waals surface area contributed by atoms with Gasteiger partial charge < -0.3 is 20.1 Å². The molecule has 158 valence electrons. The Morgan fingerprint density at radius 2 is 1.83 bits per heavy atom. The van der Waals surface area contributed by atoms with Crippen molar-refractivity contribution in [1.29, 1.82) is 0 Å². The summed E-state index contributed by atoms with van der Waals surface area (Å²) in [5.74, 6) is 0.437. The first-order valence-corrected chi connectivity index (χ1v) is 10.9. The molecule has 2 N–H and O–H groups in total. The summed E-state index contributed by atoms with van der Waals surface area (Å²) < 4.78 is 11.4. The Balaban J connectivity index is 1.83. The van der Waals surface area contributed by atoms with Gasteiger partial charge >= 0.3 is 12.0 Å². The van der Waals surface area contributed by atoms with Gasteiger partial charge in [-0.15, -0.1) is 0 Å². The molecule has 6 heteroatoms. The molecule has 0 radical (unpaired) electrons. The average Bonchev–Trinajstić information content (AvgIpc) is 2.73. The van der Waals surface area contributed by atoms with Crippen molar-refractivity contribution in [2.75, 3.05) is 6.61 Å². The van der Waals surface area contributed by atoms with Crippen LogP contribution in [0.2, 0.25) is 0 Å². The van der Waals surface area contributed by atoms with Gasteiger partial charge in [0.1, 0.15) is 5.75 Å². The lowest BCUT2D eigenvalue weighted by molar-refractivity contribution is -0.139. The minimum absolute atomic E-state index is 0.281. The quantitative estimate of drug-likeness (QED) is 0.617. The maximum absolute atomic E-state index is 12.7. The van der Waals surface area contributed by atoms with Gasteiger partial charge in [0.15, 0.2) is 0 Å². The van der Waals surface area contributed by atoms with Crippen LogP contribution in [0.4, 0.5) is 4.79 Å². The van der Waals surface area contributed by atoms with Crippen LogP contribution in [0.25, 0.3) is 0 Å². The Morgan fingerprint density at radius 3 is 2.48 bits per heavy atom. The maximum atomic E-state index is 12.7. The minimum Gasteiger partial charge on any atom is -0.490 e. The molecule has 29 heavy (non-hydrogen) atoms. The summed E-state index contributed by atoms with van der Waals surface area (Å²) in [6, 6.07) is 6.87. The van der Waals surface area contributed by atoms with Crippen LogP contribution in [0.1, 0.15) is 76.8 Å². The lowest BCUT2D eigenvalue weighted by atomic mass is 9.93. The minimum atomic E-state index is -0.529. The smallest absolute Gasteiger partial charge is 0.338 e. The fraction of sp³-hybridized carbons (Fsp3) is 0.565. The van der Waals surface area contributed by atoms with E-state index >= 15 is 0 Å². The molecule has 1 aliphatic carbocycles. The molecule has 0 aromatic heterocycles. The molecule has 6 nitrogen and oxygen atoms in total. The van der Waals surface area contributed by atoms with Crippen LogP contribution in [0.5, 0.6) is 5.75 Å². The SMILES string of the molecule is CCCCC1=C(C(=O)OCC)C(c2ccc(OC3CCCCC3)cc2)NC(=O)N1. The number of nitrogens with one attached hydrogen (secondary N) is 2.